The number of para-hydroxylation sites is 1. The van der Waals surface area contributed by atoms with Crippen molar-refractivity contribution < 1.29 is 9.53 Å². The minimum Gasteiger partial charge on any atom is -0.457 e. The van der Waals surface area contributed by atoms with Crippen LogP contribution < -0.4 is 4.74 Å². The SMILES string of the molecule is CC#CC(=O)N1CCCC(n2nc(-c3ccc(Oc4ccccc4)cc3)c3cncnc32)C1. The van der Waals surface area contributed by atoms with Gasteiger partial charge in [0.15, 0.2) is 5.65 Å². The van der Waals surface area contributed by atoms with Crippen LogP contribution in [0.4, 0.5) is 0 Å². The normalized spacial score (nSPS) is 15.7. The molecule has 0 radical (unpaired) electrons. The molecular formula is C26H23N5O2. The molecule has 5 rings (SSSR count). The highest BCUT2D eigenvalue weighted by Crippen LogP contribution is 2.32. The predicted octanol–water partition coefficient (Wildman–Crippen LogP) is 4.47. The average Bonchev–Trinajstić information content (AvgIpc) is 3.25. The summed E-state index contributed by atoms with van der Waals surface area (Å²) in [7, 11) is 0. The van der Waals surface area contributed by atoms with Crippen molar-refractivity contribution in [1.29, 1.82) is 0 Å². The van der Waals surface area contributed by atoms with Crippen LogP contribution in [0.1, 0.15) is 25.8 Å². The summed E-state index contributed by atoms with van der Waals surface area (Å²) in [5, 5.41) is 5.82. The summed E-state index contributed by atoms with van der Waals surface area (Å²) in [6.45, 7) is 2.96. The second-order valence-electron chi connectivity index (χ2n) is 7.91. The molecule has 7 heteroatoms. The number of benzene rings is 2. The van der Waals surface area contributed by atoms with Crippen molar-refractivity contribution in [1.82, 2.24) is 24.6 Å². The number of likely N-dealkylation sites (tertiary alicyclic amines) is 1. The lowest BCUT2D eigenvalue weighted by atomic mass is 10.1. The molecule has 2 aromatic carbocycles. The summed E-state index contributed by atoms with van der Waals surface area (Å²) in [4.78, 5) is 22.9. The Morgan fingerprint density at radius 1 is 1.09 bits per heavy atom. The molecule has 1 saturated heterocycles. The average molecular weight is 438 g/mol. The predicted molar refractivity (Wildman–Crippen MR) is 126 cm³/mol. The fraction of sp³-hybridized carbons (Fsp3) is 0.231. The molecular weight excluding hydrogens is 414 g/mol. The molecule has 1 amide bonds. The third-order valence-electron chi connectivity index (χ3n) is 5.74. The van der Waals surface area contributed by atoms with Gasteiger partial charge in [0.1, 0.15) is 23.5 Å². The summed E-state index contributed by atoms with van der Waals surface area (Å²) in [5.41, 5.74) is 2.54. The molecule has 1 atom stereocenters. The van der Waals surface area contributed by atoms with Crippen molar-refractivity contribution in [2.24, 2.45) is 0 Å². The highest BCUT2D eigenvalue weighted by atomic mass is 16.5. The smallest absolute Gasteiger partial charge is 0.298 e. The highest BCUT2D eigenvalue weighted by molar-refractivity contribution is 5.93. The maximum absolute atomic E-state index is 12.3. The second-order valence-corrected chi connectivity index (χ2v) is 7.91. The van der Waals surface area contributed by atoms with Crippen LogP contribution in [0.15, 0.2) is 67.1 Å². The van der Waals surface area contributed by atoms with Gasteiger partial charge >= 0.3 is 0 Å². The molecule has 3 heterocycles. The topological polar surface area (TPSA) is 73.1 Å². The van der Waals surface area contributed by atoms with E-state index in [-0.39, 0.29) is 11.9 Å². The van der Waals surface area contributed by atoms with Gasteiger partial charge in [0.2, 0.25) is 0 Å². The number of rotatable bonds is 4. The molecule has 1 fully saturated rings. The number of amides is 1. The van der Waals surface area contributed by atoms with Gasteiger partial charge in [-0.05, 0) is 62.1 Å². The van der Waals surface area contributed by atoms with Crippen molar-refractivity contribution in [3.05, 3.63) is 67.1 Å². The summed E-state index contributed by atoms with van der Waals surface area (Å²) in [6.07, 6.45) is 5.15. The van der Waals surface area contributed by atoms with Gasteiger partial charge in [0.25, 0.3) is 5.91 Å². The van der Waals surface area contributed by atoms with Gasteiger partial charge in [-0.2, -0.15) is 5.10 Å². The zero-order chi connectivity index (χ0) is 22.6. The van der Waals surface area contributed by atoms with Crippen LogP contribution in [-0.2, 0) is 4.79 Å². The molecule has 1 aliphatic rings. The zero-order valence-electron chi connectivity index (χ0n) is 18.3. The first kappa shape index (κ1) is 20.7. The van der Waals surface area contributed by atoms with E-state index in [1.165, 1.54) is 6.33 Å². The summed E-state index contributed by atoms with van der Waals surface area (Å²) < 4.78 is 7.86. The van der Waals surface area contributed by atoms with E-state index in [1.807, 2.05) is 59.3 Å². The van der Waals surface area contributed by atoms with Crippen LogP contribution >= 0.6 is 0 Å². The minimum atomic E-state index is -0.137. The number of hydrogen-bond acceptors (Lipinski definition) is 5. The Morgan fingerprint density at radius 3 is 2.67 bits per heavy atom. The first-order valence-electron chi connectivity index (χ1n) is 11.0. The monoisotopic (exact) mass is 437 g/mol. The van der Waals surface area contributed by atoms with Gasteiger partial charge in [-0.15, -0.1) is 0 Å². The molecule has 1 unspecified atom stereocenters. The number of ether oxygens (including phenoxy) is 1. The van der Waals surface area contributed by atoms with Gasteiger partial charge in [-0.1, -0.05) is 24.1 Å². The van der Waals surface area contributed by atoms with E-state index in [9.17, 15) is 4.79 Å². The van der Waals surface area contributed by atoms with E-state index >= 15 is 0 Å². The van der Waals surface area contributed by atoms with E-state index < -0.39 is 0 Å². The molecule has 2 aromatic heterocycles. The van der Waals surface area contributed by atoms with Crippen molar-refractivity contribution in [3.63, 3.8) is 0 Å². The Morgan fingerprint density at radius 2 is 1.88 bits per heavy atom. The van der Waals surface area contributed by atoms with Crippen molar-refractivity contribution in [2.75, 3.05) is 13.1 Å². The van der Waals surface area contributed by atoms with Gasteiger partial charge in [-0.3, -0.25) is 4.79 Å². The Hall–Kier alpha value is -4.18. The second kappa shape index (κ2) is 9.13. The van der Waals surface area contributed by atoms with Gasteiger partial charge in [0, 0.05) is 24.8 Å². The number of carbonyl (C=O) groups excluding carboxylic acids is 1. The number of carbonyl (C=O) groups is 1. The van der Waals surface area contributed by atoms with E-state index in [4.69, 9.17) is 9.84 Å². The fourth-order valence-electron chi connectivity index (χ4n) is 4.18. The maximum Gasteiger partial charge on any atom is 0.298 e. The number of fused-ring (bicyclic) bond motifs is 1. The van der Waals surface area contributed by atoms with Crippen LogP contribution in [0.5, 0.6) is 11.5 Å². The number of aromatic nitrogens is 4. The fourth-order valence-corrected chi connectivity index (χ4v) is 4.18. The van der Waals surface area contributed by atoms with Gasteiger partial charge in [-0.25, -0.2) is 14.6 Å². The van der Waals surface area contributed by atoms with Crippen LogP contribution in [-0.4, -0.2) is 43.6 Å². The summed E-state index contributed by atoms with van der Waals surface area (Å²) in [6, 6.07) is 17.6. The van der Waals surface area contributed by atoms with Gasteiger partial charge in [0.05, 0.1) is 11.4 Å². The molecule has 0 bridgehead atoms. The summed E-state index contributed by atoms with van der Waals surface area (Å²) >= 11 is 0. The summed E-state index contributed by atoms with van der Waals surface area (Å²) in [5.74, 6) is 6.75. The highest BCUT2D eigenvalue weighted by Gasteiger charge is 2.27. The molecule has 0 aliphatic carbocycles. The van der Waals surface area contributed by atoms with Crippen LogP contribution in [0.3, 0.4) is 0 Å². The lowest BCUT2D eigenvalue weighted by molar-refractivity contribution is -0.126. The third-order valence-corrected chi connectivity index (χ3v) is 5.74. The number of piperidine rings is 1. The van der Waals surface area contributed by atoms with Crippen molar-refractivity contribution in [3.8, 4) is 34.6 Å². The Balaban J connectivity index is 1.45. The van der Waals surface area contributed by atoms with Gasteiger partial charge < -0.3 is 9.64 Å². The third kappa shape index (κ3) is 4.28. The molecule has 0 spiro atoms. The molecule has 4 aromatic rings. The van der Waals surface area contributed by atoms with Crippen molar-refractivity contribution >= 4 is 16.9 Å². The van der Waals surface area contributed by atoms with Crippen LogP contribution in [0.25, 0.3) is 22.3 Å². The quantitative estimate of drug-likeness (QED) is 0.441. The van der Waals surface area contributed by atoms with E-state index in [0.717, 1.165) is 46.6 Å². The molecule has 7 nitrogen and oxygen atoms in total. The van der Waals surface area contributed by atoms with E-state index in [1.54, 1.807) is 18.0 Å². The number of nitrogens with zero attached hydrogens (tertiary/aromatic N) is 5. The maximum atomic E-state index is 12.3. The molecule has 33 heavy (non-hydrogen) atoms. The molecule has 0 N–H and O–H groups in total. The number of hydrogen-bond donors (Lipinski definition) is 0. The first-order chi connectivity index (χ1) is 16.2. The standard InChI is InChI=1S/C26H23N5O2/c1-2-7-24(32)30-15-6-8-20(17-30)31-26-23(16-27-18-28-26)25(29-31)19-11-13-22(14-12-19)33-21-9-4-3-5-10-21/h3-5,9-14,16,18,20H,6,8,15,17H2,1H3. The van der Waals surface area contributed by atoms with E-state index in [2.05, 4.69) is 21.8 Å². The van der Waals surface area contributed by atoms with Crippen LogP contribution in [0.2, 0.25) is 0 Å². The first-order valence-corrected chi connectivity index (χ1v) is 11.0. The molecule has 164 valence electrons. The Labute approximate surface area is 192 Å². The largest absolute Gasteiger partial charge is 0.457 e. The molecule has 0 saturated carbocycles. The zero-order valence-corrected chi connectivity index (χ0v) is 18.3. The van der Waals surface area contributed by atoms with Crippen molar-refractivity contribution in [2.45, 2.75) is 25.8 Å². The van der Waals surface area contributed by atoms with E-state index in [0.29, 0.717) is 13.1 Å². The minimum absolute atomic E-state index is 0.0354. The Bertz CT molecular complexity index is 1340. The Kier molecular flexibility index (Phi) is 5.73. The lowest BCUT2D eigenvalue weighted by Crippen LogP contribution is -2.40. The lowest BCUT2D eigenvalue weighted by Gasteiger charge is -2.31. The molecule has 1 aliphatic heterocycles. The van der Waals surface area contributed by atoms with Crippen LogP contribution in [0, 0.1) is 11.8 Å².